The lowest BCUT2D eigenvalue weighted by molar-refractivity contribution is -0.117. The van der Waals surface area contributed by atoms with Crippen LogP contribution in [-0.2, 0) is 4.79 Å². The maximum Gasteiger partial charge on any atom is 0.227 e. The van der Waals surface area contributed by atoms with Gasteiger partial charge in [-0.05, 0) is 43.0 Å². The van der Waals surface area contributed by atoms with Gasteiger partial charge in [-0.1, -0.05) is 49.6 Å². The van der Waals surface area contributed by atoms with Crippen LogP contribution in [0.25, 0.3) is 10.9 Å². The summed E-state index contributed by atoms with van der Waals surface area (Å²) in [6.45, 7) is 0. The second kappa shape index (κ2) is 6.84. The van der Waals surface area contributed by atoms with Crippen LogP contribution in [0.2, 0.25) is 0 Å². The van der Waals surface area contributed by atoms with Gasteiger partial charge in [-0.15, -0.1) is 0 Å². The quantitative estimate of drug-likeness (QED) is 0.627. The van der Waals surface area contributed by atoms with Crippen LogP contribution in [0.3, 0.4) is 0 Å². The number of carbonyl (C=O) groups excluding carboxylic acids is 1. The third-order valence-corrected chi connectivity index (χ3v) is 6.17. The highest BCUT2D eigenvalue weighted by Crippen LogP contribution is 2.38. The first-order valence-electron chi connectivity index (χ1n) is 10.2. The van der Waals surface area contributed by atoms with Crippen molar-refractivity contribution in [3.05, 3.63) is 60.3 Å². The van der Waals surface area contributed by atoms with Crippen LogP contribution in [0.5, 0.6) is 0 Å². The largest absolute Gasteiger partial charge is 0.305 e. The molecule has 0 N–H and O–H groups in total. The summed E-state index contributed by atoms with van der Waals surface area (Å²) >= 11 is 0. The summed E-state index contributed by atoms with van der Waals surface area (Å²) in [7, 11) is 0. The number of hydrogen-bond acceptors (Lipinski definition) is 2. The van der Waals surface area contributed by atoms with Crippen LogP contribution in [0.15, 0.2) is 54.7 Å². The second-order valence-corrected chi connectivity index (χ2v) is 7.85. The van der Waals surface area contributed by atoms with E-state index in [0.717, 1.165) is 17.5 Å². The van der Waals surface area contributed by atoms with E-state index >= 15 is 0 Å². The summed E-state index contributed by atoms with van der Waals surface area (Å²) in [5.74, 6) is 0.211. The van der Waals surface area contributed by atoms with Gasteiger partial charge in [0.2, 0.25) is 5.91 Å². The third kappa shape index (κ3) is 2.93. The van der Waals surface area contributed by atoms with E-state index in [1.165, 1.54) is 43.2 Å². The highest BCUT2D eigenvalue weighted by molar-refractivity contribution is 5.98. The molecule has 1 aromatic heterocycles. The van der Waals surface area contributed by atoms with Crippen LogP contribution in [0.1, 0.15) is 62.6 Å². The average Bonchev–Trinajstić information content (AvgIpc) is 3.32. The summed E-state index contributed by atoms with van der Waals surface area (Å²) in [4.78, 5) is 14.6. The highest BCUT2D eigenvalue weighted by atomic mass is 16.2. The van der Waals surface area contributed by atoms with E-state index in [9.17, 15) is 4.79 Å². The minimum absolute atomic E-state index is 0.129. The smallest absolute Gasteiger partial charge is 0.227 e. The molecule has 2 heterocycles. The molecule has 4 nitrogen and oxygen atoms in total. The summed E-state index contributed by atoms with van der Waals surface area (Å²) in [5, 5.41) is 5.83. The van der Waals surface area contributed by atoms with Gasteiger partial charge in [0.15, 0.2) is 0 Å². The minimum Gasteiger partial charge on any atom is -0.305 e. The lowest BCUT2D eigenvalue weighted by atomic mass is 9.95. The fourth-order valence-electron chi connectivity index (χ4n) is 4.81. The molecule has 27 heavy (non-hydrogen) atoms. The van der Waals surface area contributed by atoms with Gasteiger partial charge in [-0.2, -0.15) is 5.10 Å². The maximum atomic E-state index is 12.7. The Balaban J connectivity index is 1.50. The molecular formula is C23H25N3O. The molecule has 4 heteroatoms. The molecular weight excluding hydrogens is 334 g/mol. The van der Waals surface area contributed by atoms with Crippen molar-refractivity contribution < 1.29 is 4.79 Å². The van der Waals surface area contributed by atoms with Crippen LogP contribution >= 0.6 is 0 Å². The lowest BCUT2D eigenvalue weighted by Gasteiger charge is -2.26. The molecule has 1 aliphatic carbocycles. The predicted molar refractivity (Wildman–Crippen MR) is 108 cm³/mol. The first-order chi connectivity index (χ1) is 13.3. The summed E-state index contributed by atoms with van der Waals surface area (Å²) in [6.07, 6.45) is 9.83. The van der Waals surface area contributed by atoms with Gasteiger partial charge in [-0.3, -0.25) is 9.48 Å². The number of fused-ring (bicyclic) bond motifs is 1. The Bertz CT molecular complexity index is 956. The fraction of sp³-hybridized carbons (Fsp3) is 0.391. The zero-order valence-electron chi connectivity index (χ0n) is 15.6. The molecule has 1 atom stereocenters. The lowest BCUT2D eigenvalue weighted by Crippen LogP contribution is -2.27. The fourth-order valence-corrected chi connectivity index (χ4v) is 4.81. The summed E-state index contributed by atoms with van der Waals surface area (Å²) < 4.78 is 2.21. The van der Waals surface area contributed by atoms with Crippen molar-refractivity contribution in [3.63, 3.8) is 0 Å². The van der Waals surface area contributed by atoms with Gasteiger partial charge in [0.05, 0.1) is 23.8 Å². The third-order valence-electron chi connectivity index (χ3n) is 6.17. The van der Waals surface area contributed by atoms with E-state index in [-0.39, 0.29) is 11.9 Å². The number of rotatable bonds is 3. The number of anilines is 1. The zero-order valence-corrected chi connectivity index (χ0v) is 15.6. The molecule has 2 fully saturated rings. The maximum absolute atomic E-state index is 12.7. The van der Waals surface area contributed by atoms with Crippen molar-refractivity contribution in [3.8, 4) is 0 Å². The van der Waals surface area contributed by atoms with Crippen molar-refractivity contribution in [2.45, 2.75) is 57.0 Å². The molecule has 0 radical (unpaired) electrons. The number of hydrogen-bond donors (Lipinski definition) is 0. The van der Waals surface area contributed by atoms with Gasteiger partial charge in [0.25, 0.3) is 0 Å². The van der Waals surface area contributed by atoms with E-state index in [1.54, 1.807) is 0 Å². The molecule has 0 spiro atoms. The van der Waals surface area contributed by atoms with Gasteiger partial charge < -0.3 is 4.90 Å². The Kier molecular flexibility index (Phi) is 4.19. The molecule has 1 amide bonds. The molecule has 1 saturated heterocycles. The number of nitrogens with zero attached hydrogens (tertiary/aromatic N) is 3. The van der Waals surface area contributed by atoms with Gasteiger partial charge in [0, 0.05) is 17.5 Å². The average molecular weight is 359 g/mol. The molecule has 0 bridgehead atoms. The Morgan fingerprint density at radius 2 is 1.74 bits per heavy atom. The van der Waals surface area contributed by atoms with Gasteiger partial charge >= 0.3 is 0 Å². The topological polar surface area (TPSA) is 38.1 Å². The Hall–Kier alpha value is -2.62. The van der Waals surface area contributed by atoms with Crippen molar-refractivity contribution in [2.75, 3.05) is 4.90 Å². The van der Waals surface area contributed by atoms with Crippen LogP contribution in [0, 0.1) is 0 Å². The van der Waals surface area contributed by atoms with Crippen LogP contribution in [-0.4, -0.2) is 15.7 Å². The van der Waals surface area contributed by atoms with Gasteiger partial charge in [0.1, 0.15) is 0 Å². The SMILES string of the molecule is O=C1CC[C@@H](c2ccccc2)N1c1ccc2c(cnn2C2CCCCC2)c1. The number of benzene rings is 2. The van der Waals surface area contributed by atoms with Crippen molar-refractivity contribution in [2.24, 2.45) is 0 Å². The first kappa shape index (κ1) is 16.5. The number of amides is 1. The molecule has 2 aliphatic rings. The van der Waals surface area contributed by atoms with E-state index in [4.69, 9.17) is 5.10 Å². The molecule has 138 valence electrons. The van der Waals surface area contributed by atoms with Crippen LogP contribution in [0.4, 0.5) is 5.69 Å². The van der Waals surface area contributed by atoms with E-state index in [0.29, 0.717) is 12.5 Å². The standard InChI is InChI=1S/C23H25N3O/c27-23-14-13-21(17-7-3-1-4-8-17)25(23)20-11-12-22-18(15-20)16-24-26(22)19-9-5-2-6-10-19/h1,3-4,7-8,11-12,15-16,19,21H,2,5-6,9-10,13-14H2/t21-/m0/s1. The Morgan fingerprint density at radius 1 is 0.926 bits per heavy atom. The molecule has 5 rings (SSSR count). The van der Waals surface area contributed by atoms with E-state index < -0.39 is 0 Å². The molecule has 2 aromatic carbocycles. The Labute approximate surface area is 159 Å². The Morgan fingerprint density at radius 3 is 2.56 bits per heavy atom. The van der Waals surface area contributed by atoms with E-state index in [2.05, 4.69) is 35.0 Å². The molecule has 3 aromatic rings. The predicted octanol–water partition coefficient (Wildman–Crippen LogP) is 5.41. The van der Waals surface area contributed by atoms with Crippen molar-refractivity contribution in [1.29, 1.82) is 0 Å². The molecule has 1 saturated carbocycles. The normalized spacial score (nSPS) is 21.3. The van der Waals surface area contributed by atoms with Crippen molar-refractivity contribution in [1.82, 2.24) is 9.78 Å². The highest BCUT2D eigenvalue weighted by Gasteiger charge is 2.33. The zero-order chi connectivity index (χ0) is 18.2. The van der Waals surface area contributed by atoms with Gasteiger partial charge in [-0.25, -0.2) is 0 Å². The van der Waals surface area contributed by atoms with Crippen LogP contribution < -0.4 is 4.90 Å². The summed E-state index contributed by atoms with van der Waals surface area (Å²) in [5.41, 5.74) is 3.39. The summed E-state index contributed by atoms with van der Waals surface area (Å²) in [6, 6.07) is 17.4. The monoisotopic (exact) mass is 359 g/mol. The number of carbonyl (C=O) groups is 1. The minimum atomic E-state index is 0.129. The molecule has 0 unspecified atom stereocenters. The van der Waals surface area contributed by atoms with Crippen molar-refractivity contribution >= 4 is 22.5 Å². The molecule has 1 aliphatic heterocycles. The number of aromatic nitrogens is 2. The second-order valence-electron chi connectivity index (χ2n) is 7.85. The first-order valence-corrected chi connectivity index (χ1v) is 10.2. The van der Waals surface area contributed by atoms with E-state index in [1.807, 2.05) is 29.3 Å².